The lowest BCUT2D eigenvalue weighted by Crippen LogP contribution is -2.43. The van der Waals surface area contributed by atoms with Crippen molar-refractivity contribution in [2.45, 2.75) is 39.7 Å². The first kappa shape index (κ1) is 16.0. The molecule has 0 aromatic heterocycles. The zero-order chi connectivity index (χ0) is 15.4. The smallest absolute Gasteiger partial charge is 0.238 e. The summed E-state index contributed by atoms with van der Waals surface area (Å²) in [7, 11) is 0. The van der Waals surface area contributed by atoms with Crippen LogP contribution in [0.3, 0.4) is 0 Å². The normalized spacial score (nSPS) is 21.0. The zero-order valence-electron chi connectivity index (χ0n) is 13.2. The highest BCUT2D eigenvalue weighted by molar-refractivity contribution is 5.93. The number of hydrogen-bond donors (Lipinski definition) is 2. The van der Waals surface area contributed by atoms with E-state index in [1.165, 1.54) is 5.56 Å². The van der Waals surface area contributed by atoms with Crippen LogP contribution in [0.4, 0.5) is 5.69 Å². The fourth-order valence-corrected chi connectivity index (χ4v) is 2.98. The number of piperidine rings is 1. The van der Waals surface area contributed by atoms with Gasteiger partial charge in [0.25, 0.3) is 0 Å². The molecular weight excluding hydrogens is 264 g/mol. The van der Waals surface area contributed by atoms with Crippen LogP contribution in [0.25, 0.3) is 0 Å². The summed E-state index contributed by atoms with van der Waals surface area (Å²) in [6.07, 6.45) is 1.80. The van der Waals surface area contributed by atoms with Crippen molar-refractivity contribution < 1.29 is 9.90 Å². The summed E-state index contributed by atoms with van der Waals surface area (Å²) in [6.45, 7) is 8.03. The van der Waals surface area contributed by atoms with Gasteiger partial charge in [-0.1, -0.05) is 17.7 Å². The van der Waals surface area contributed by atoms with Gasteiger partial charge in [0.05, 0.1) is 12.6 Å². The van der Waals surface area contributed by atoms with E-state index < -0.39 is 0 Å². The highest BCUT2D eigenvalue weighted by atomic mass is 16.3. The van der Waals surface area contributed by atoms with Crippen LogP contribution in [0.5, 0.6) is 0 Å². The van der Waals surface area contributed by atoms with E-state index >= 15 is 0 Å². The van der Waals surface area contributed by atoms with Gasteiger partial charge in [0.15, 0.2) is 0 Å². The Bertz CT molecular complexity index is 500. The number of anilines is 1. The van der Waals surface area contributed by atoms with Gasteiger partial charge < -0.3 is 10.4 Å². The van der Waals surface area contributed by atoms with E-state index in [0.717, 1.165) is 37.2 Å². The number of nitrogens with one attached hydrogen (secondary N) is 1. The largest absolute Gasteiger partial charge is 0.393 e. The Morgan fingerprint density at radius 2 is 2.24 bits per heavy atom. The molecule has 2 atom stereocenters. The summed E-state index contributed by atoms with van der Waals surface area (Å²) in [4.78, 5) is 14.3. The Balaban J connectivity index is 1.89. The maximum atomic E-state index is 12.2. The molecule has 116 valence electrons. The summed E-state index contributed by atoms with van der Waals surface area (Å²) in [5.74, 6) is 0.306. The zero-order valence-corrected chi connectivity index (χ0v) is 13.2. The van der Waals surface area contributed by atoms with Crippen LogP contribution in [0, 0.1) is 19.8 Å². The topological polar surface area (TPSA) is 52.6 Å². The number of likely N-dealkylation sites (tertiary alicyclic amines) is 1. The van der Waals surface area contributed by atoms with Gasteiger partial charge in [0, 0.05) is 12.2 Å². The highest BCUT2D eigenvalue weighted by Crippen LogP contribution is 2.20. The van der Waals surface area contributed by atoms with Crippen molar-refractivity contribution in [2.24, 2.45) is 5.92 Å². The van der Waals surface area contributed by atoms with E-state index in [4.69, 9.17) is 0 Å². The maximum absolute atomic E-state index is 12.2. The summed E-state index contributed by atoms with van der Waals surface area (Å²) >= 11 is 0. The highest BCUT2D eigenvalue weighted by Gasteiger charge is 2.24. The molecule has 1 aliphatic rings. The molecule has 1 amide bonds. The van der Waals surface area contributed by atoms with Gasteiger partial charge in [-0.05, 0) is 57.7 Å². The second-order valence-electron chi connectivity index (χ2n) is 6.24. The molecule has 0 aliphatic carbocycles. The monoisotopic (exact) mass is 290 g/mol. The van der Waals surface area contributed by atoms with Crippen LogP contribution >= 0.6 is 0 Å². The number of aryl methyl sites for hydroxylation is 2. The third-order valence-corrected chi connectivity index (χ3v) is 4.25. The van der Waals surface area contributed by atoms with Gasteiger partial charge >= 0.3 is 0 Å². The molecule has 21 heavy (non-hydrogen) atoms. The fourth-order valence-electron chi connectivity index (χ4n) is 2.98. The number of aliphatic hydroxyl groups is 1. The first-order valence-corrected chi connectivity index (χ1v) is 7.73. The number of hydrogen-bond acceptors (Lipinski definition) is 3. The Morgan fingerprint density at radius 1 is 1.48 bits per heavy atom. The first-order chi connectivity index (χ1) is 9.95. The van der Waals surface area contributed by atoms with Gasteiger partial charge in [0.2, 0.25) is 5.91 Å². The van der Waals surface area contributed by atoms with Gasteiger partial charge in [-0.15, -0.1) is 0 Å². The van der Waals surface area contributed by atoms with Gasteiger partial charge in [-0.3, -0.25) is 9.69 Å². The van der Waals surface area contributed by atoms with Gasteiger partial charge in [0.1, 0.15) is 0 Å². The molecule has 0 saturated carbocycles. The molecule has 1 aliphatic heterocycles. The summed E-state index contributed by atoms with van der Waals surface area (Å²) in [6, 6.07) is 6.03. The van der Waals surface area contributed by atoms with Crippen molar-refractivity contribution in [3.05, 3.63) is 29.3 Å². The lowest BCUT2D eigenvalue weighted by molar-refractivity contribution is -0.118. The molecule has 1 saturated heterocycles. The maximum Gasteiger partial charge on any atom is 0.238 e. The molecule has 0 spiro atoms. The van der Waals surface area contributed by atoms with Crippen molar-refractivity contribution in [3.8, 4) is 0 Å². The number of carbonyl (C=O) groups excluding carboxylic acids is 1. The standard InChI is InChI=1S/C17H26N2O2/c1-12-6-7-16(13(2)9-12)18-17(21)11-19-8-4-5-15(10-19)14(3)20/h6-7,9,14-15,20H,4-5,8,10-11H2,1-3H3,(H,18,21). The predicted octanol–water partition coefficient (Wildman–Crippen LogP) is 2.33. The van der Waals surface area contributed by atoms with Crippen LogP contribution in [0.15, 0.2) is 18.2 Å². The van der Waals surface area contributed by atoms with E-state index in [-0.39, 0.29) is 17.9 Å². The lowest BCUT2D eigenvalue weighted by Gasteiger charge is -2.33. The fraction of sp³-hybridized carbons (Fsp3) is 0.588. The molecule has 2 unspecified atom stereocenters. The molecule has 4 nitrogen and oxygen atoms in total. The Hall–Kier alpha value is -1.39. The van der Waals surface area contributed by atoms with Crippen molar-refractivity contribution in [3.63, 3.8) is 0 Å². The first-order valence-electron chi connectivity index (χ1n) is 7.73. The molecule has 4 heteroatoms. The minimum atomic E-state index is -0.296. The Kier molecular flexibility index (Phi) is 5.37. The molecular formula is C17H26N2O2. The van der Waals surface area contributed by atoms with Gasteiger partial charge in [-0.2, -0.15) is 0 Å². The van der Waals surface area contributed by atoms with Crippen LogP contribution in [-0.4, -0.2) is 41.7 Å². The second-order valence-corrected chi connectivity index (χ2v) is 6.24. The van der Waals surface area contributed by atoms with E-state index in [1.807, 2.05) is 32.9 Å². The lowest BCUT2D eigenvalue weighted by atomic mass is 9.93. The molecule has 0 bridgehead atoms. The van der Waals surface area contributed by atoms with E-state index in [0.29, 0.717) is 6.54 Å². The summed E-state index contributed by atoms with van der Waals surface area (Å²) in [5, 5.41) is 12.7. The number of amides is 1. The summed E-state index contributed by atoms with van der Waals surface area (Å²) in [5.41, 5.74) is 3.17. The second kappa shape index (κ2) is 7.05. The molecule has 2 N–H and O–H groups in total. The predicted molar refractivity (Wildman–Crippen MR) is 85.4 cm³/mol. The molecule has 1 aromatic rings. The van der Waals surface area contributed by atoms with Crippen LogP contribution in [-0.2, 0) is 4.79 Å². The van der Waals surface area contributed by atoms with Crippen LogP contribution in [0.1, 0.15) is 30.9 Å². The van der Waals surface area contributed by atoms with E-state index in [9.17, 15) is 9.90 Å². The van der Waals surface area contributed by atoms with Gasteiger partial charge in [-0.25, -0.2) is 0 Å². The number of carbonyl (C=O) groups is 1. The number of nitrogens with zero attached hydrogens (tertiary/aromatic N) is 1. The van der Waals surface area contributed by atoms with Crippen molar-refractivity contribution in [2.75, 3.05) is 25.0 Å². The number of aliphatic hydroxyl groups excluding tert-OH is 1. The Morgan fingerprint density at radius 3 is 2.90 bits per heavy atom. The minimum Gasteiger partial charge on any atom is -0.393 e. The average Bonchev–Trinajstić information content (AvgIpc) is 2.42. The van der Waals surface area contributed by atoms with Crippen molar-refractivity contribution in [1.82, 2.24) is 4.90 Å². The SMILES string of the molecule is Cc1ccc(NC(=O)CN2CCCC(C(C)O)C2)c(C)c1. The molecule has 0 radical (unpaired) electrons. The average molecular weight is 290 g/mol. The molecule has 1 heterocycles. The molecule has 1 aromatic carbocycles. The summed E-state index contributed by atoms with van der Waals surface area (Å²) < 4.78 is 0. The Labute approximate surface area is 127 Å². The van der Waals surface area contributed by atoms with Crippen LogP contribution in [0.2, 0.25) is 0 Å². The molecule has 2 rings (SSSR count). The van der Waals surface area contributed by atoms with Crippen LogP contribution < -0.4 is 5.32 Å². The van der Waals surface area contributed by atoms with Crippen molar-refractivity contribution >= 4 is 11.6 Å². The number of benzene rings is 1. The molecule has 1 fully saturated rings. The number of rotatable bonds is 4. The van der Waals surface area contributed by atoms with Crippen molar-refractivity contribution in [1.29, 1.82) is 0 Å². The third kappa shape index (κ3) is 4.55. The minimum absolute atomic E-state index is 0.0215. The van der Waals surface area contributed by atoms with E-state index in [1.54, 1.807) is 0 Å². The van der Waals surface area contributed by atoms with E-state index in [2.05, 4.69) is 16.3 Å². The quantitative estimate of drug-likeness (QED) is 0.895. The third-order valence-electron chi connectivity index (χ3n) is 4.25.